The van der Waals surface area contributed by atoms with Gasteiger partial charge in [0.15, 0.2) is 0 Å². The van der Waals surface area contributed by atoms with Crippen LogP contribution >= 0.6 is 0 Å². The standard InChI is InChI=1S/C20H27NO/c1-14(2)19-7-6-15(3)13-20(19)22-9-8-21-18-11-16(4)10-17(5)12-18/h6-7,10-14,21H,8-9H2,1-5H3. The van der Waals surface area contributed by atoms with E-state index in [4.69, 9.17) is 4.74 Å². The Balaban J connectivity index is 1.92. The summed E-state index contributed by atoms with van der Waals surface area (Å²) < 4.78 is 6.00. The molecule has 0 heterocycles. The quantitative estimate of drug-likeness (QED) is 0.737. The Bertz CT molecular complexity index is 611. The first-order valence-electron chi connectivity index (χ1n) is 8.01. The van der Waals surface area contributed by atoms with Gasteiger partial charge < -0.3 is 10.1 Å². The van der Waals surface area contributed by atoms with Crippen LogP contribution in [0.4, 0.5) is 5.69 Å². The van der Waals surface area contributed by atoms with Crippen molar-refractivity contribution in [2.24, 2.45) is 0 Å². The van der Waals surface area contributed by atoms with Gasteiger partial charge in [0.2, 0.25) is 0 Å². The van der Waals surface area contributed by atoms with Crippen molar-refractivity contribution >= 4 is 5.69 Å². The molecule has 0 aliphatic heterocycles. The van der Waals surface area contributed by atoms with Gasteiger partial charge in [0.1, 0.15) is 12.4 Å². The Kier molecular flexibility index (Phi) is 5.48. The lowest BCUT2D eigenvalue weighted by Crippen LogP contribution is -2.12. The Morgan fingerprint density at radius 2 is 1.59 bits per heavy atom. The van der Waals surface area contributed by atoms with E-state index in [0.717, 1.165) is 18.0 Å². The molecule has 0 amide bonds. The molecule has 1 N–H and O–H groups in total. The van der Waals surface area contributed by atoms with Crippen molar-refractivity contribution in [3.63, 3.8) is 0 Å². The van der Waals surface area contributed by atoms with E-state index in [1.54, 1.807) is 0 Å². The lowest BCUT2D eigenvalue weighted by Gasteiger charge is -2.15. The first-order valence-corrected chi connectivity index (χ1v) is 8.01. The van der Waals surface area contributed by atoms with E-state index in [0.29, 0.717) is 12.5 Å². The van der Waals surface area contributed by atoms with Crippen molar-refractivity contribution in [1.82, 2.24) is 0 Å². The van der Waals surface area contributed by atoms with Crippen LogP contribution in [0.5, 0.6) is 5.75 Å². The molecule has 0 fully saturated rings. The Morgan fingerprint density at radius 3 is 2.23 bits per heavy atom. The molecule has 0 atom stereocenters. The second-order valence-electron chi connectivity index (χ2n) is 6.35. The largest absolute Gasteiger partial charge is 0.491 e. The molecule has 0 radical (unpaired) electrons. The van der Waals surface area contributed by atoms with Crippen molar-refractivity contribution in [3.8, 4) is 5.75 Å². The summed E-state index contributed by atoms with van der Waals surface area (Å²) in [5.74, 6) is 1.49. The zero-order valence-corrected chi connectivity index (χ0v) is 14.4. The summed E-state index contributed by atoms with van der Waals surface area (Å²) in [6.07, 6.45) is 0. The zero-order valence-electron chi connectivity index (χ0n) is 14.4. The predicted octanol–water partition coefficient (Wildman–Crippen LogP) is 5.23. The minimum atomic E-state index is 0.475. The van der Waals surface area contributed by atoms with Crippen LogP contribution < -0.4 is 10.1 Å². The summed E-state index contributed by atoms with van der Waals surface area (Å²) in [6.45, 7) is 12.2. The normalized spacial score (nSPS) is 10.8. The molecule has 2 aromatic rings. The lowest BCUT2D eigenvalue weighted by molar-refractivity contribution is 0.328. The van der Waals surface area contributed by atoms with Crippen LogP contribution in [-0.2, 0) is 0 Å². The molecule has 22 heavy (non-hydrogen) atoms. The van der Waals surface area contributed by atoms with Crippen LogP contribution in [0.1, 0.15) is 42.0 Å². The fourth-order valence-electron chi connectivity index (χ4n) is 2.68. The number of anilines is 1. The molecule has 0 aliphatic carbocycles. The van der Waals surface area contributed by atoms with Crippen LogP contribution in [0.3, 0.4) is 0 Å². The molecule has 0 saturated carbocycles. The van der Waals surface area contributed by atoms with Crippen molar-refractivity contribution in [2.75, 3.05) is 18.5 Å². The lowest BCUT2D eigenvalue weighted by atomic mass is 10.0. The predicted molar refractivity (Wildman–Crippen MR) is 95.2 cm³/mol. The van der Waals surface area contributed by atoms with E-state index < -0.39 is 0 Å². The van der Waals surface area contributed by atoms with Gasteiger partial charge in [-0.25, -0.2) is 0 Å². The first kappa shape index (κ1) is 16.4. The fourth-order valence-corrected chi connectivity index (χ4v) is 2.68. The molecule has 0 spiro atoms. The Morgan fingerprint density at radius 1 is 0.909 bits per heavy atom. The number of nitrogens with one attached hydrogen (secondary N) is 1. The molecule has 2 rings (SSSR count). The van der Waals surface area contributed by atoms with E-state index in [2.05, 4.69) is 76.3 Å². The third-order valence-corrected chi connectivity index (χ3v) is 3.70. The van der Waals surface area contributed by atoms with E-state index in [9.17, 15) is 0 Å². The summed E-state index contributed by atoms with van der Waals surface area (Å²) in [6, 6.07) is 13.0. The molecule has 2 nitrogen and oxygen atoms in total. The highest BCUT2D eigenvalue weighted by Crippen LogP contribution is 2.27. The van der Waals surface area contributed by atoms with E-state index in [-0.39, 0.29) is 0 Å². The van der Waals surface area contributed by atoms with Gasteiger partial charge in [0, 0.05) is 12.2 Å². The molecule has 118 valence electrons. The van der Waals surface area contributed by atoms with Crippen LogP contribution in [0.25, 0.3) is 0 Å². The summed E-state index contributed by atoms with van der Waals surface area (Å²) in [4.78, 5) is 0. The number of hydrogen-bond donors (Lipinski definition) is 1. The smallest absolute Gasteiger partial charge is 0.123 e. The van der Waals surface area contributed by atoms with Gasteiger partial charge in [0.25, 0.3) is 0 Å². The third-order valence-electron chi connectivity index (χ3n) is 3.70. The Hall–Kier alpha value is -1.96. The number of hydrogen-bond acceptors (Lipinski definition) is 2. The summed E-state index contributed by atoms with van der Waals surface area (Å²) in [5.41, 5.74) is 6.24. The first-order chi connectivity index (χ1) is 10.5. The maximum atomic E-state index is 6.00. The molecule has 0 aromatic heterocycles. The molecule has 0 aliphatic rings. The summed E-state index contributed by atoms with van der Waals surface area (Å²) in [7, 11) is 0. The minimum absolute atomic E-state index is 0.475. The van der Waals surface area contributed by atoms with Crippen LogP contribution in [0, 0.1) is 20.8 Å². The zero-order chi connectivity index (χ0) is 16.1. The van der Waals surface area contributed by atoms with Crippen molar-refractivity contribution in [3.05, 3.63) is 58.7 Å². The molecule has 0 saturated heterocycles. The van der Waals surface area contributed by atoms with Gasteiger partial charge in [-0.1, -0.05) is 32.0 Å². The second kappa shape index (κ2) is 7.35. The maximum Gasteiger partial charge on any atom is 0.123 e. The average Bonchev–Trinajstić information content (AvgIpc) is 2.42. The second-order valence-corrected chi connectivity index (χ2v) is 6.35. The van der Waals surface area contributed by atoms with E-state index in [1.165, 1.54) is 22.3 Å². The van der Waals surface area contributed by atoms with Crippen LogP contribution in [0.15, 0.2) is 36.4 Å². The fraction of sp³-hybridized carbons (Fsp3) is 0.400. The molecule has 0 unspecified atom stereocenters. The third kappa shape index (κ3) is 4.52. The number of aryl methyl sites for hydroxylation is 3. The minimum Gasteiger partial charge on any atom is -0.491 e. The highest BCUT2D eigenvalue weighted by Gasteiger charge is 2.07. The van der Waals surface area contributed by atoms with E-state index >= 15 is 0 Å². The maximum absolute atomic E-state index is 6.00. The number of benzene rings is 2. The molecular formula is C20H27NO. The van der Waals surface area contributed by atoms with Gasteiger partial charge in [0.05, 0.1) is 0 Å². The van der Waals surface area contributed by atoms with Gasteiger partial charge in [-0.05, 0) is 67.1 Å². The Labute approximate surface area is 134 Å². The highest BCUT2D eigenvalue weighted by molar-refractivity contribution is 5.48. The highest BCUT2D eigenvalue weighted by atomic mass is 16.5. The van der Waals surface area contributed by atoms with Crippen LogP contribution in [0.2, 0.25) is 0 Å². The van der Waals surface area contributed by atoms with Crippen molar-refractivity contribution in [2.45, 2.75) is 40.5 Å². The number of rotatable bonds is 6. The van der Waals surface area contributed by atoms with Crippen molar-refractivity contribution in [1.29, 1.82) is 0 Å². The topological polar surface area (TPSA) is 21.3 Å². The molecule has 2 aromatic carbocycles. The molecule has 2 heteroatoms. The molecular weight excluding hydrogens is 270 g/mol. The van der Waals surface area contributed by atoms with Gasteiger partial charge in [-0.15, -0.1) is 0 Å². The van der Waals surface area contributed by atoms with Crippen LogP contribution in [-0.4, -0.2) is 13.2 Å². The summed E-state index contributed by atoms with van der Waals surface area (Å²) in [5, 5.41) is 3.43. The van der Waals surface area contributed by atoms with Gasteiger partial charge >= 0.3 is 0 Å². The van der Waals surface area contributed by atoms with Gasteiger partial charge in [-0.2, -0.15) is 0 Å². The monoisotopic (exact) mass is 297 g/mol. The van der Waals surface area contributed by atoms with E-state index in [1.807, 2.05) is 0 Å². The summed E-state index contributed by atoms with van der Waals surface area (Å²) >= 11 is 0. The van der Waals surface area contributed by atoms with Gasteiger partial charge in [-0.3, -0.25) is 0 Å². The average molecular weight is 297 g/mol. The SMILES string of the molecule is Cc1cc(C)cc(NCCOc2cc(C)ccc2C(C)C)c1. The van der Waals surface area contributed by atoms with Crippen molar-refractivity contribution < 1.29 is 4.74 Å². The molecule has 0 bridgehead atoms. The number of ether oxygens (including phenoxy) is 1.